The number of carbonyl (C=O) groups is 1. The molecule has 0 spiro atoms. The first-order valence-corrected chi connectivity index (χ1v) is 6.86. The zero-order valence-electron chi connectivity index (χ0n) is 11.0. The highest BCUT2D eigenvalue weighted by Gasteiger charge is 2.13. The molecule has 17 heavy (non-hydrogen) atoms. The van der Waals surface area contributed by atoms with E-state index < -0.39 is 0 Å². The number of carbonyl (C=O) groups excluding carboxylic acids is 1. The molecule has 0 atom stereocenters. The van der Waals surface area contributed by atoms with Crippen molar-refractivity contribution in [1.29, 1.82) is 0 Å². The third-order valence-electron chi connectivity index (χ3n) is 2.78. The van der Waals surface area contributed by atoms with Crippen LogP contribution >= 0.6 is 15.9 Å². The molecule has 1 aromatic carbocycles. The zero-order chi connectivity index (χ0) is 13.1. The first-order valence-electron chi connectivity index (χ1n) is 5.74. The lowest BCUT2D eigenvalue weighted by Crippen LogP contribution is -2.26. The highest BCUT2D eigenvalue weighted by atomic mass is 79.9. The molecule has 0 fully saturated rings. The molecule has 0 heterocycles. The maximum absolute atomic E-state index is 11.4. The van der Waals surface area contributed by atoms with E-state index in [0.717, 1.165) is 5.56 Å². The van der Waals surface area contributed by atoms with Gasteiger partial charge >= 0.3 is 0 Å². The van der Waals surface area contributed by atoms with Gasteiger partial charge in [0.2, 0.25) is 5.91 Å². The molecule has 2 nitrogen and oxygen atoms in total. The monoisotopic (exact) mass is 297 g/mol. The zero-order valence-corrected chi connectivity index (χ0v) is 12.5. The molecule has 0 unspecified atom stereocenters. The Bertz CT molecular complexity index is 378. The van der Waals surface area contributed by atoms with Crippen molar-refractivity contribution in [3.8, 4) is 0 Å². The van der Waals surface area contributed by atoms with Crippen LogP contribution in [0.3, 0.4) is 0 Å². The van der Waals surface area contributed by atoms with E-state index in [1.807, 2.05) is 7.05 Å². The smallest absolute Gasteiger partial charge is 0.233 e. The quantitative estimate of drug-likeness (QED) is 0.784. The van der Waals surface area contributed by atoms with Crippen LogP contribution < -0.4 is 0 Å². The van der Waals surface area contributed by atoms with Crippen molar-refractivity contribution in [1.82, 2.24) is 4.90 Å². The largest absolute Gasteiger partial charge is 0.341 e. The van der Waals surface area contributed by atoms with Crippen molar-refractivity contribution in [3.63, 3.8) is 0 Å². The molecule has 3 heteroatoms. The van der Waals surface area contributed by atoms with Gasteiger partial charge in [-0.25, -0.2) is 0 Å². The summed E-state index contributed by atoms with van der Waals surface area (Å²) >= 11 is 3.18. The van der Waals surface area contributed by atoms with Crippen molar-refractivity contribution in [2.75, 3.05) is 12.4 Å². The summed E-state index contributed by atoms with van der Waals surface area (Å²) < 4.78 is 0. The Hall–Kier alpha value is -0.830. The van der Waals surface area contributed by atoms with E-state index in [1.165, 1.54) is 5.56 Å². The van der Waals surface area contributed by atoms with Crippen molar-refractivity contribution in [2.24, 2.45) is 0 Å². The van der Waals surface area contributed by atoms with E-state index in [-0.39, 0.29) is 11.3 Å². The van der Waals surface area contributed by atoms with Gasteiger partial charge in [-0.15, -0.1) is 0 Å². The van der Waals surface area contributed by atoms with Crippen LogP contribution in [0.25, 0.3) is 0 Å². The molecule has 0 radical (unpaired) electrons. The summed E-state index contributed by atoms with van der Waals surface area (Å²) in [5, 5.41) is 0.379. The molecule has 0 aliphatic heterocycles. The number of halogens is 1. The highest BCUT2D eigenvalue weighted by molar-refractivity contribution is 9.09. The minimum atomic E-state index is 0.102. The number of rotatable bonds is 3. The van der Waals surface area contributed by atoms with Gasteiger partial charge in [0.25, 0.3) is 0 Å². The predicted molar refractivity (Wildman–Crippen MR) is 75.4 cm³/mol. The van der Waals surface area contributed by atoms with E-state index in [2.05, 4.69) is 61.0 Å². The molecular formula is C14H20BrNO. The number of benzene rings is 1. The van der Waals surface area contributed by atoms with E-state index >= 15 is 0 Å². The molecule has 1 amide bonds. The Kier molecular flexibility index (Phi) is 4.75. The lowest BCUT2D eigenvalue weighted by atomic mass is 9.87. The molecule has 0 N–H and O–H groups in total. The summed E-state index contributed by atoms with van der Waals surface area (Å²) in [5.74, 6) is 0.102. The first-order chi connectivity index (χ1) is 7.84. The summed E-state index contributed by atoms with van der Waals surface area (Å²) in [6, 6.07) is 8.47. The van der Waals surface area contributed by atoms with E-state index in [9.17, 15) is 4.79 Å². The van der Waals surface area contributed by atoms with Gasteiger partial charge in [0, 0.05) is 13.6 Å². The van der Waals surface area contributed by atoms with Crippen LogP contribution in [0.1, 0.15) is 31.9 Å². The van der Waals surface area contributed by atoms with Crippen molar-refractivity contribution in [3.05, 3.63) is 35.4 Å². The predicted octanol–water partition coefficient (Wildman–Crippen LogP) is 3.34. The van der Waals surface area contributed by atoms with Crippen LogP contribution in [0.5, 0.6) is 0 Å². The van der Waals surface area contributed by atoms with E-state index in [0.29, 0.717) is 11.9 Å². The molecule has 0 saturated carbocycles. The van der Waals surface area contributed by atoms with Gasteiger partial charge in [-0.3, -0.25) is 4.79 Å². The molecule has 0 bridgehead atoms. The molecule has 0 aliphatic rings. The Morgan fingerprint density at radius 3 is 2.18 bits per heavy atom. The number of amides is 1. The second kappa shape index (κ2) is 5.67. The fourth-order valence-corrected chi connectivity index (χ4v) is 2.00. The van der Waals surface area contributed by atoms with Crippen LogP contribution in [0.2, 0.25) is 0 Å². The second-order valence-electron chi connectivity index (χ2n) is 5.33. The van der Waals surface area contributed by atoms with Gasteiger partial charge in [-0.05, 0) is 16.5 Å². The molecule has 1 rings (SSSR count). The summed E-state index contributed by atoms with van der Waals surface area (Å²) in [5.41, 5.74) is 2.65. The van der Waals surface area contributed by atoms with Crippen LogP contribution in [0, 0.1) is 0 Å². The van der Waals surface area contributed by atoms with E-state index in [1.54, 1.807) is 4.90 Å². The van der Waals surface area contributed by atoms with Crippen molar-refractivity contribution in [2.45, 2.75) is 32.7 Å². The van der Waals surface area contributed by atoms with Gasteiger partial charge in [0.15, 0.2) is 0 Å². The maximum Gasteiger partial charge on any atom is 0.233 e. The molecule has 0 saturated heterocycles. The molecule has 0 aromatic heterocycles. The standard InChI is InChI=1S/C14H20BrNO/c1-14(2,3)12-7-5-11(6-8-12)10-16(4)13(17)9-15/h5-8H,9-10H2,1-4H3. The number of nitrogens with zero attached hydrogens (tertiary/aromatic N) is 1. The first kappa shape index (κ1) is 14.2. The summed E-state index contributed by atoms with van der Waals surface area (Å²) in [7, 11) is 1.82. The fourth-order valence-electron chi connectivity index (χ4n) is 1.57. The fraction of sp³-hybridized carbons (Fsp3) is 0.500. The van der Waals surface area contributed by atoms with Crippen LogP contribution in [-0.4, -0.2) is 23.2 Å². The molecule has 1 aromatic rings. The van der Waals surface area contributed by atoms with Gasteiger partial charge in [0.05, 0.1) is 5.33 Å². The highest BCUT2D eigenvalue weighted by Crippen LogP contribution is 2.22. The minimum absolute atomic E-state index is 0.102. The van der Waals surface area contributed by atoms with Crippen LogP contribution in [0.15, 0.2) is 24.3 Å². The van der Waals surface area contributed by atoms with Gasteiger partial charge in [0.1, 0.15) is 0 Å². The Morgan fingerprint density at radius 2 is 1.76 bits per heavy atom. The Balaban J connectivity index is 2.72. The summed E-state index contributed by atoms with van der Waals surface area (Å²) in [6.45, 7) is 7.25. The van der Waals surface area contributed by atoms with Crippen molar-refractivity contribution < 1.29 is 4.79 Å². The van der Waals surface area contributed by atoms with Crippen molar-refractivity contribution >= 4 is 21.8 Å². The minimum Gasteiger partial charge on any atom is -0.341 e. The average Bonchev–Trinajstić information content (AvgIpc) is 2.27. The Morgan fingerprint density at radius 1 is 1.24 bits per heavy atom. The third-order valence-corrected chi connectivity index (χ3v) is 3.26. The Labute approximate surface area is 112 Å². The topological polar surface area (TPSA) is 20.3 Å². The normalized spacial score (nSPS) is 11.4. The number of alkyl halides is 1. The summed E-state index contributed by atoms with van der Waals surface area (Å²) in [4.78, 5) is 13.1. The molecule has 0 aliphatic carbocycles. The average molecular weight is 298 g/mol. The third kappa shape index (κ3) is 4.15. The second-order valence-corrected chi connectivity index (χ2v) is 5.89. The van der Waals surface area contributed by atoms with Gasteiger partial charge in [-0.1, -0.05) is 61.0 Å². The lowest BCUT2D eigenvalue weighted by molar-refractivity contribution is -0.127. The van der Waals surface area contributed by atoms with Crippen LogP contribution in [0.4, 0.5) is 0 Å². The summed E-state index contributed by atoms with van der Waals surface area (Å²) in [6.07, 6.45) is 0. The molecular weight excluding hydrogens is 278 g/mol. The van der Waals surface area contributed by atoms with E-state index in [4.69, 9.17) is 0 Å². The van der Waals surface area contributed by atoms with Gasteiger partial charge < -0.3 is 4.90 Å². The number of hydrogen-bond acceptors (Lipinski definition) is 1. The number of hydrogen-bond donors (Lipinski definition) is 0. The van der Waals surface area contributed by atoms with Gasteiger partial charge in [-0.2, -0.15) is 0 Å². The lowest BCUT2D eigenvalue weighted by Gasteiger charge is -2.20. The van der Waals surface area contributed by atoms with Crippen LogP contribution in [-0.2, 0) is 16.8 Å². The maximum atomic E-state index is 11.4. The SMILES string of the molecule is CN(Cc1ccc(C(C)(C)C)cc1)C(=O)CBr. The molecule has 94 valence electrons.